The first-order valence-electron chi connectivity index (χ1n) is 12.8. The van der Waals surface area contributed by atoms with E-state index in [1.165, 1.54) is 16.8 Å². The van der Waals surface area contributed by atoms with Gasteiger partial charge in [-0.05, 0) is 61.9 Å². The summed E-state index contributed by atoms with van der Waals surface area (Å²) in [4.78, 5) is 37.1. The Morgan fingerprint density at radius 3 is 2.57 bits per heavy atom. The molecule has 3 fully saturated rings. The molecule has 8 heteroatoms. The van der Waals surface area contributed by atoms with Gasteiger partial charge < -0.3 is 14.7 Å². The molecule has 0 bridgehead atoms. The van der Waals surface area contributed by atoms with Crippen molar-refractivity contribution in [2.75, 3.05) is 44.2 Å². The van der Waals surface area contributed by atoms with Crippen LogP contribution in [0.1, 0.15) is 42.0 Å². The third-order valence-corrected chi connectivity index (χ3v) is 7.67. The minimum absolute atomic E-state index is 0.0632. The van der Waals surface area contributed by atoms with Crippen molar-refractivity contribution < 1.29 is 9.59 Å². The molecule has 2 amide bonds. The number of rotatable bonds is 4. The van der Waals surface area contributed by atoms with Gasteiger partial charge in [-0.3, -0.25) is 14.6 Å². The molecule has 0 aliphatic carbocycles. The van der Waals surface area contributed by atoms with Gasteiger partial charge in [0.15, 0.2) is 0 Å². The number of hydrazine groups is 1. The van der Waals surface area contributed by atoms with E-state index in [0.717, 1.165) is 51.1 Å². The molecule has 3 saturated heterocycles. The fourth-order valence-corrected chi connectivity index (χ4v) is 5.60. The number of amides is 2. The number of piperazine rings is 1. The third-order valence-electron chi connectivity index (χ3n) is 7.67. The molecule has 0 saturated carbocycles. The van der Waals surface area contributed by atoms with Crippen molar-refractivity contribution in [1.29, 1.82) is 0 Å². The molecule has 4 heterocycles. The van der Waals surface area contributed by atoms with Crippen LogP contribution in [0.25, 0.3) is 0 Å². The number of benzene rings is 1. The Kier molecular flexibility index (Phi) is 7.02. The average molecular weight is 477 g/mol. The number of aromatic nitrogens is 1. The van der Waals surface area contributed by atoms with E-state index >= 15 is 0 Å². The van der Waals surface area contributed by atoms with Crippen molar-refractivity contribution in [3.8, 4) is 0 Å². The summed E-state index contributed by atoms with van der Waals surface area (Å²) in [6, 6.07) is 10.3. The van der Waals surface area contributed by atoms with E-state index in [1.54, 1.807) is 6.20 Å². The smallest absolute Gasteiger partial charge is 0.241 e. The second-order valence-electron chi connectivity index (χ2n) is 10.1. The quantitative estimate of drug-likeness (QED) is 0.704. The zero-order valence-corrected chi connectivity index (χ0v) is 20.7. The monoisotopic (exact) mass is 476 g/mol. The normalized spacial score (nSPS) is 25.1. The number of carbonyl (C=O) groups is 2. The number of nitrogens with zero attached hydrogens (tertiary/aromatic N) is 4. The molecule has 0 radical (unpaired) electrons. The number of aryl methyl sites for hydroxylation is 2. The molecular formula is C27H36N6O2. The van der Waals surface area contributed by atoms with Gasteiger partial charge in [0, 0.05) is 63.4 Å². The molecule has 0 spiro atoms. The van der Waals surface area contributed by atoms with Gasteiger partial charge in [0.1, 0.15) is 6.04 Å². The maximum atomic E-state index is 13.4. The highest BCUT2D eigenvalue weighted by Crippen LogP contribution is 2.27. The Bertz CT molecular complexity index is 1050. The first-order valence-corrected chi connectivity index (χ1v) is 12.8. The van der Waals surface area contributed by atoms with E-state index in [4.69, 9.17) is 0 Å². The lowest BCUT2D eigenvalue weighted by Gasteiger charge is -2.40. The molecule has 5 rings (SSSR count). The van der Waals surface area contributed by atoms with Gasteiger partial charge in [-0.25, -0.2) is 10.9 Å². The van der Waals surface area contributed by atoms with E-state index in [0.29, 0.717) is 13.0 Å². The molecule has 3 atom stereocenters. The number of anilines is 1. The molecular weight excluding hydrogens is 440 g/mol. The maximum absolute atomic E-state index is 13.4. The summed E-state index contributed by atoms with van der Waals surface area (Å²) in [5.41, 5.74) is 11.3. The zero-order chi connectivity index (χ0) is 24.4. The van der Waals surface area contributed by atoms with Crippen LogP contribution >= 0.6 is 0 Å². The number of hydrogen-bond donors (Lipinski definition) is 2. The largest absolute Gasteiger partial charge is 0.368 e. The topological polar surface area (TPSA) is 80.8 Å². The van der Waals surface area contributed by atoms with Crippen LogP contribution in [-0.2, 0) is 9.59 Å². The van der Waals surface area contributed by atoms with Gasteiger partial charge in [0.25, 0.3) is 0 Å². The second-order valence-corrected chi connectivity index (χ2v) is 10.1. The number of piperidine rings is 1. The van der Waals surface area contributed by atoms with Gasteiger partial charge in [0.05, 0.1) is 5.92 Å². The predicted molar refractivity (Wildman–Crippen MR) is 136 cm³/mol. The Labute approximate surface area is 207 Å². The van der Waals surface area contributed by atoms with E-state index in [9.17, 15) is 9.59 Å². The highest BCUT2D eigenvalue weighted by atomic mass is 16.2. The maximum Gasteiger partial charge on any atom is 0.241 e. The van der Waals surface area contributed by atoms with Crippen LogP contribution in [-0.4, -0.2) is 71.9 Å². The number of carbonyl (C=O) groups excluding carboxylic acids is 2. The average Bonchev–Trinajstić information content (AvgIpc) is 3.40. The van der Waals surface area contributed by atoms with E-state index in [-0.39, 0.29) is 29.8 Å². The summed E-state index contributed by atoms with van der Waals surface area (Å²) < 4.78 is 0. The Hall–Kier alpha value is -2.97. The third kappa shape index (κ3) is 5.18. The Morgan fingerprint density at radius 1 is 0.971 bits per heavy atom. The van der Waals surface area contributed by atoms with Crippen LogP contribution in [0.2, 0.25) is 0 Å². The van der Waals surface area contributed by atoms with Gasteiger partial charge in [0.2, 0.25) is 11.8 Å². The summed E-state index contributed by atoms with van der Waals surface area (Å²) in [6.45, 7) is 8.67. The highest BCUT2D eigenvalue weighted by molar-refractivity contribution is 5.84. The van der Waals surface area contributed by atoms with Crippen molar-refractivity contribution in [3.05, 3.63) is 59.4 Å². The molecule has 1 aromatic carbocycles. The molecule has 3 unspecified atom stereocenters. The number of hydrogen-bond acceptors (Lipinski definition) is 6. The van der Waals surface area contributed by atoms with Crippen molar-refractivity contribution in [2.45, 2.75) is 45.2 Å². The molecule has 3 aliphatic rings. The van der Waals surface area contributed by atoms with Gasteiger partial charge in [-0.2, -0.15) is 0 Å². The van der Waals surface area contributed by atoms with Crippen molar-refractivity contribution in [1.82, 2.24) is 25.6 Å². The van der Waals surface area contributed by atoms with E-state index in [2.05, 4.69) is 52.8 Å². The Morgan fingerprint density at radius 2 is 1.80 bits per heavy atom. The molecule has 3 aliphatic heterocycles. The number of pyridine rings is 1. The van der Waals surface area contributed by atoms with Gasteiger partial charge in [-0.15, -0.1) is 0 Å². The zero-order valence-electron chi connectivity index (χ0n) is 20.7. The predicted octanol–water partition coefficient (Wildman–Crippen LogP) is 2.19. The van der Waals surface area contributed by atoms with Crippen LogP contribution in [0.5, 0.6) is 0 Å². The summed E-state index contributed by atoms with van der Waals surface area (Å²) >= 11 is 0. The van der Waals surface area contributed by atoms with Crippen LogP contribution in [0.3, 0.4) is 0 Å². The highest BCUT2D eigenvalue weighted by Gasteiger charge is 2.37. The van der Waals surface area contributed by atoms with Crippen LogP contribution < -0.4 is 15.8 Å². The lowest BCUT2D eigenvalue weighted by atomic mass is 9.95. The molecule has 2 aromatic rings. The number of likely N-dealkylation sites (tertiary alicyclic amines) is 1. The van der Waals surface area contributed by atoms with Crippen LogP contribution in [0.4, 0.5) is 5.69 Å². The van der Waals surface area contributed by atoms with Crippen LogP contribution in [0, 0.1) is 19.8 Å². The fraction of sp³-hybridized carbons (Fsp3) is 0.519. The summed E-state index contributed by atoms with van der Waals surface area (Å²) in [6.07, 6.45) is 6.00. The summed E-state index contributed by atoms with van der Waals surface area (Å²) in [7, 11) is 0. The first-order chi connectivity index (χ1) is 17.0. The minimum Gasteiger partial charge on any atom is -0.368 e. The first kappa shape index (κ1) is 23.8. The van der Waals surface area contributed by atoms with Gasteiger partial charge >= 0.3 is 0 Å². The minimum atomic E-state index is -0.282. The summed E-state index contributed by atoms with van der Waals surface area (Å²) in [5, 5.41) is 0. The van der Waals surface area contributed by atoms with Gasteiger partial charge in [-0.1, -0.05) is 18.2 Å². The Balaban J connectivity index is 1.15. The SMILES string of the molecule is Cc1ccc(C)c(N2CCN(C(=O)C3CCCN(C(=O)C4CC(c5cccnc5)NN4)C3)CC2)c1. The summed E-state index contributed by atoms with van der Waals surface area (Å²) in [5.74, 6) is 0.179. The van der Waals surface area contributed by atoms with Crippen molar-refractivity contribution >= 4 is 17.5 Å². The van der Waals surface area contributed by atoms with Crippen LogP contribution in [0.15, 0.2) is 42.7 Å². The molecule has 186 valence electrons. The fourth-order valence-electron chi connectivity index (χ4n) is 5.60. The standard InChI is InChI=1S/C27H36N6O2/c1-19-7-8-20(2)25(15-19)31-11-13-32(14-12-31)26(34)22-6-4-10-33(18-22)27(35)24-16-23(29-30-24)21-5-3-9-28-17-21/h3,5,7-9,15,17,22-24,29-30H,4,6,10-14,16,18H2,1-2H3. The molecule has 35 heavy (non-hydrogen) atoms. The van der Waals surface area contributed by atoms with E-state index < -0.39 is 0 Å². The molecule has 2 N–H and O–H groups in total. The van der Waals surface area contributed by atoms with Crippen molar-refractivity contribution in [3.63, 3.8) is 0 Å². The lowest BCUT2D eigenvalue weighted by molar-refractivity contribution is -0.142. The lowest BCUT2D eigenvalue weighted by Crippen LogP contribution is -2.54. The molecule has 1 aromatic heterocycles. The molecule has 8 nitrogen and oxygen atoms in total. The number of nitrogens with one attached hydrogen (secondary N) is 2. The second kappa shape index (κ2) is 10.3. The van der Waals surface area contributed by atoms with Crippen molar-refractivity contribution in [2.24, 2.45) is 5.92 Å². The van der Waals surface area contributed by atoms with E-state index in [1.807, 2.05) is 28.1 Å².